The van der Waals surface area contributed by atoms with Crippen molar-refractivity contribution in [2.24, 2.45) is 0 Å². The molecular weight excluding hydrogens is 410 g/mol. The molecule has 1 aliphatic rings. The maximum absolute atomic E-state index is 6.31. The summed E-state index contributed by atoms with van der Waals surface area (Å²) >= 11 is 7.89. The Labute approximate surface area is 176 Å². The summed E-state index contributed by atoms with van der Waals surface area (Å²) < 4.78 is 18.4. The smallest absolute Gasteiger partial charge is 0.231 e. The lowest BCUT2D eigenvalue weighted by Crippen LogP contribution is -1.99. The van der Waals surface area contributed by atoms with Crippen LogP contribution >= 0.6 is 23.4 Å². The van der Waals surface area contributed by atoms with Crippen LogP contribution in [0.4, 0.5) is 0 Å². The predicted octanol–water partition coefficient (Wildman–Crippen LogP) is 5.51. The summed E-state index contributed by atoms with van der Waals surface area (Å²) in [4.78, 5) is 0. The van der Waals surface area contributed by atoms with E-state index in [2.05, 4.69) is 10.2 Å². The molecule has 0 N–H and O–H groups in total. The quantitative estimate of drug-likeness (QED) is 0.393. The molecule has 146 valence electrons. The molecule has 0 amide bonds. The molecule has 0 atom stereocenters. The van der Waals surface area contributed by atoms with Crippen LogP contribution in [-0.2, 0) is 5.75 Å². The van der Waals surface area contributed by atoms with Crippen molar-refractivity contribution in [2.45, 2.75) is 17.8 Å². The molecule has 0 aliphatic carbocycles. The molecule has 8 heteroatoms. The van der Waals surface area contributed by atoms with E-state index in [4.69, 9.17) is 25.5 Å². The van der Waals surface area contributed by atoms with Crippen molar-refractivity contribution in [3.8, 4) is 28.6 Å². The number of furan rings is 1. The number of halogens is 1. The van der Waals surface area contributed by atoms with Crippen LogP contribution in [0.2, 0.25) is 5.02 Å². The second-order valence-corrected chi connectivity index (χ2v) is 7.82. The summed E-state index contributed by atoms with van der Waals surface area (Å²) in [7, 11) is 0. The molecule has 6 nitrogen and oxygen atoms in total. The first-order chi connectivity index (χ1) is 14.2. The molecule has 3 heterocycles. The first kappa shape index (κ1) is 18.1. The van der Waals surface area contributed by atoms with Gasteiger partial charge in [0.05, 0.1) is 16.8 Å². The number of fused-ring (bicyclic) bond motifs is 1. The van der Waals surface area contributed by atoms with Crippen molar-refractivity contribution < 1.29 is 13.9 Å². The van der Waals surface area contributed by atoms with E-state index in [0.717, 1.165) is 33.6 Å². The largest absolute Gasteiger partial charge is 0.469 e. The van der Waals surface area contributed by atoms with Crippen molar-refractivity contribution in [1.82, 2.24) is 14.8 Å². The summed E-state index contributed by atoms with van der Waals surface area (Å²) in [6, 6.07) is 15.8. The van der Waals surface area contributed by atoms with Gasteiger partial charge in [0.1, 0.15) is 5.76 Å². The van der Waals surface area contributed by atoms with E-state index in [0.29, 0.717) is 22.3 Å². The lowest BCUT2D eigenvalue weighted by Gasteiger charge is -2.10. The van der Waals surface area contributed by atoms with Gasteiger partial charge in [-0.15, -0.1) is 10.2 Å². The summed E-state index contributed by atoms with van der Waals surface area (Å²) in [6.07, 6.45) is 1.66. The Morgan fingerprint density at radius 3 is 2.76 bits per heavy atom. The van der Waals surface area contributed by atoms with Gasteiger partial charge in [-0.3, -0.25) is 4.57 Å². The van der Waals surface area contributed by atoms with Crippen LogP contribution in [0.1, 0.15) is 11.3 Å². The number of hydrogen-bond acceptors (Lipinski definition) is 6. The summed E-state index contributed by atoms with van der Waals surface area (Å²) in [5, 5.41) is 10.2. The molecular formula is C21H16ClN3O3S. The number of aromatic nitrogens is 3. The molecule has 0 unspecified atom stereocenters. The molecule has 5 rings (SSSR count). The van der Waals surface area contributed by atoms with E-state index in [9.17, 15) is 0 Å². The average Bonchev–Trinajstić information content (AvgIpc) is 3.46. The molecule has 2 aromatic heterocycles. The summed E-state index contributed by atoms with van der Waals surface area (Å²) in [5.41, 5.74) is 2.92. The third kappa shape index (κ3) is 3.36. The van der Waals surface area contributed by atoms with Crippen molar-refractivity contribution in [3.05, 3.63) is 71.1 Å². The zero-order chi connectivity index (χ0) is 19.8. The first-order valence-electron chi connectivity index (χ1n) is 8.97. The normalized spacial score (nSPS) is 12.5. The number of para-hydroxylation sites is 1. The van der Waals surface area contributed by atoms with E-state index in [-0.39, 0.29) is 6.79 Å². The van der Waals surface area contributed by atoms with Gasteiger partial charge in [-0.25, -0.2) is 0 Å². The van der Waals surface area contributed by atoms with Gasteiger partial charge in [0, 0.05) is 11.4 Å². The Hall–Kier alpha value is -2.90. The Bertz CT molecular complexity index is 1170. The van der Waals surface area contributed by atoms with E-state index in [1.807, 2.05) is 60.0 Å². The number of ether oxygens (including phenoxy) is 2. The van der Waals surface area contributed by atoms with Crippen LogP contribution in [0.5, 0.6) is 11.5 Å². The molecule has 29 heavy (non-hydrogen) atoms. The second-order valence-electron chi connectivity index (χ2n) is 6.47. The fourth-order valence-corrected chi connectivity index (χ4v) is 4.39. The molecule has 0 bridgehead atoms. The highest BCUT2D eigenvalue weighted by Gasteiger charge is 2.21. The van der Waals surface area contributed by atoms with Crippen LogP contribution in [-0.4, -0.2) is 21.6 Å². The second kappa shape index (κ2) is 7.50. The van der Waals surface area contributed by atoms with Crippen LogP contribution in [0.25, 0.3) is 17.1 Å². The standard InChI is InChI=1S/C21H16ClN3O3S/c1-13-16(7-8-26-13)20-23-24-21(25(20)15-5-3-2-4-6-15)29-11-14-9-17(22)19-18(10-14)27-12-28-19/h2-10H,11-12H2,1H3. The molecule has 0 saturated carbocycles. The minimum absolute atomic E-state index is 0.196. The van der Waals surface area contributed by atoms with Gasteiger partial charge in [-0.05, 0) is 42.8 Å². The number of benzene rings is 2. The maximum atomic E-state index is 6.31. The maximum Gasteiger partial charge on any atom is 0.231 e. The molecule has 1 aliphatic heterocycles. The number of aryl methyl sites for hydroxylation is 1. The number of hydrogen-bond donors (Lipinski definition) is 0. The molecule has 2 aromatic carbocycles. The van der Waals surface area contributed by atoms with E-state index in [1.165, 1.54) is 0 Å². The monoisotopic (exact) mass is 425 g/mol. The van der Waals surface area contributed by atoms with Crippen LogP contribution in [0.15, 0.2) is 64.4 Å². The zero-order valence-corrected chi connectivity index (χ0v) is 17.0. The minimum atomic E-state index is 0.196. The lowest BCUT2D eigenvalue weighted by molar-refractivity contribution is 0.174. The van der Waals surface area contributed by atoms with Gasteiger partial charge in [-0.2, -0.15) is 0 Å². The fourth-order valence-electron chi connectivity index (χ4n) is 3.22. The van der Waals surface area contributed by atoms with Crippen LogP contribution < -0.4 is 9.47 Å². The van der Waals surface area contributed by atoms with Gasteiger partial charge >= 0.3 is 0 Å². The molecule has 0 radical (unpaired) electrons. The highest BCUT2D eigenvalue weighted by Crippen LogP contribution is 2.41. The Balaban J connectivity index is 1.50. The Morgan fingerprint density at radius 2 is 1.97 bits per heavy atom. The van der Waals surface area contributed by atoms with Gasteiger partial charge in [0.15, 0.2) is 22.5 Å². The highest BCUT2D eigenvalue weighted by molar-refractivity contribution is 7.98. The van der Waals surface area contributed by atoms with Crippen LogP contribution in [0, 0.1) is 6.92 Å². The summed E-state index contributed by atoms with van der Waals surface area (Å²) in [6.45, 7) is 2.11. The van der Waals surface area contributed by atoms with E-state index in [1.54, 1.807) is 18.0 Å². The number of rotatable bonds is 5. The van der Waals surface area contributed by atoms with E-state index < -0.39 is 0 Å². The van der Waals surface area contributed by atoms with Gasteiger partial charge < -0.3 is 13.9 Å². The Kier molecular flexibility index (Phi) is 4.69. The SMILES string of the molecule is Cc1occc1-c1nnc(SCc2cc(Cl)c3c(c2)OCO3)n1-c1ccccc1. The van der Waals surface area contributed by atoms with Crippen molar-refractivity contribution in [3.63, 3.8) is 0 Å². The predicted molar refractivity (Wildman–Crippen MR) is 111 cm³/mol. The average molecular weight is 426 g/mol. The fraction of sp³-hybridized carbons (Fsp3) is 0.143. The molecule has 0 spiro atoms. The zero-order valence-electron chi connectivity index (χ0n) is 15.5. The molecule has 4 aromatic rings. The van der Waals surface area contributed by atoms with Gasteiger partial charge in [0.25, 0.3) is 0 Å². The van der Waals surface area contributed by atoms with Gasteiger partial charge in [-0.1, -0.05) is 41.6 Å². The topological polar surface area (TPSA) is 62.3 Å². The van der Waals surface area contributed by atoms with Crippen molar-refractivity contribution in [1.29, 1.82) is 0 Å². The van der Waals surface area contributed by atoms with Crippen molar-refractivity contribution >= 4 is 23.4 Å². The third-order valence-corrected chi connectivity index (χ3v) is 5.88. The van der Waals surface area contributed by atoms with E-state index >= 15 is 0 Å². The third-order valence-electron chi connectivity index (χ3n) is 4.60. The molecule has 0 saturated heterocycles. The van der Waals surface area contributed by atoms with Crippen molar-refractivity contribution in [2.75, 3.05) is 6.79 Å². The minimum Gasteiger partial charge on any atom is -0.469 e. The lowest BCUT2D eigenvalue weighted by atomic mass is 10.2. The Morgan fingerprint density at radius 1 is 1.10 bits per heavy atom. The van der Waals surface area contributed by atoms with Crippen LogP contribution in [0.3, 0.4) is 0 Å². The summed E-state index contributed by atoms with van der Waals surface area (Å²) in [5.74, 6) is 3.48. The highest BCUT2D eigenvalue weighted by atomic mass is 35.5. The number of nitrogens with zero attached hydrogens (tertiary/aromatic N) is 3. The molecule has 0 fully saturated rings. The van der Waals surface area contributed by atoms with Gasteiger partial charge in [0.2, 0.25) is 6.79 Å². The first-order valence-corrected chi connectivity index (χ1v) is 10.3. The number of thioether (sulfide) groups is 1.